The summed E-state index contributed by atoms with van der Waals surface area (Å²) >= 11 is 0. The average Bonchev–Trinajstić information content (AvgIpc) is 2.67. The number of ether oxygens (including phenoxy) is 2. The van der Waals surface area contributed by atoms with Crippen LogP contribution in [0.1, 0.15) is 66.7 Å². The highest BCUT2D eigenvalue weighted by atomic mass is 16.7. The summed E-state index contributed by atoms with van der Waals surface area (Å²) in [7, 11) is 0. The van der Waals surface area contributed by atoms with Crippen molar-refractivity contribution in [2.75, 3.05) is 6.61 Å². The first-order valence-corrected chi connectivity index (χ1v) is 11.1. The lowest BCUT2D eigenvalue weighted by Gasteiger charge is -2.40. The van der Waals surface area contributed by atoms with Gasteiger partial charge in [0.25, 0.3) is 0 Å². The molecule has 1 aliphatic heterocycles. The molecule has 1 aliphatic carbocycles. The van der Waals surface area contributed by atoms with E-state index in [0.29, 0.717) is 6.42 Å². The molecule has 0 radical (unpaired) electrons. The molecule has 2 aliphatic rings. The van der Waals surface area contributed by atoms with Crippen molar-refractivity contribution in [3.63, 3.8) is 0 Å². The van der Waals surface area contributed by atoms with Gasteiger partial charge in [-0.3, -0.25) is 0 Å². The van der Waals surface area contributed by atoms with Gasteiger partial charge >= 0.3 is 0 Å². The van der Waals surface area contributed by atoms with E-state index in [0.717, 1.165) is 6.42 Å². The molecule has 0 saturated carbocycles. The highest BCUT2D eigenvalue weighted by Crippen LogP contribution is 2.40. The minimum Gasteiger partial charge on any atom is -0.394 e. The number of aliphatic hydroxyl groups is 4. The highest BCUT2D eigenvalue weighted by Gasteiger charge is 2.44. The van der Waals surface area contributed by atoms with Crippen LogP contribution < -0.4 is 0 Å². The third-order valence-corrected chi connectivity index (χ3v) is 6.31. The lowest BCUT2D eigenvalue weighted by molar-refractivity contribution is -0.310. The van der Waals surface area contributed by atoms with Gasteiger partial charge in [-0.15, -0.1) is 0 Å². The van der Waals surface area contributed by atoms with E-state index in [4.69, 9.17) is 9.47 Å². The van der Waals surface area contributed by atoms with Gasteiger partial charge in [-0.2, -0.15) is 0 Å². The fourth-order valence-corrected chi connectivity index (χ4v) is 4.32. The minimum atomic E-state index is -1.41. The summed E-state index contributed by atoms with van der Waals surface area (Å²) in [6.45, 7) is 10.4. The molecule has 4 N–H and O–H groups in total. The van der Waals surface area contributed by atoms with Gasteiger partial charge in [0.1, 0.15) is 24.4 Å². The second kappa shape index (κ2) is 11.0. The maximum atomic E-state index is 10.1. The molecule has 0 spiro atoms. The molecule has 30 heavy (non-hydrogen) atoms. The molecule has 0 bridgehead atoms. The largest absolute Gasteiger partial charge is 0.394 e. The normalized spacial score (nSPS) is 33.9. The third kappa shape index (κ3) is 6.49. The summed E-state index contributed by atoms with van der Waals surface area (Å²) in [5, 5.41) is 39.0. The van der Waals surface area contributed by atoms with E-state index < -0.39 is 37.3 Å². The fourth-order valence-electron chi connectivity index (χ4n) is 4.32. The molecule has 1 heterocycles. The van der Waals surface area contributed by atoms with Gasteiger partial charge in [0.2, 0.25) is 0 Å². The van der Waals surface area contributed by atoms with Crippen molar-refractivity contribution in [1.29, 1.82) is 0 Å². The van der Waals surface area contributed by atoms with E-state index >= 15 is 0 Å². The van der Waals surface area contributed by atoms with E-state index in [9.17, 15) is 20.4 Å². The summed E-state index contributed by atoms with van der Waals surface area (Å²) in [5.74, 6) is 0. The van der Waals surface area contributed by atoms with Crippen molar-refractivity contribution in [1.82, 2.24) is 0 Å². The van der Waals surface area contributed by atoms with Crippen LogP contribution in [0.2, 0.25) is 0 Å². The number of aliphatic hydroxyl groups excluding tert-OH is 4. The van der Waals surface area contributed by atoms with Crippen LogP contribution in [0, 0.1) is 5.41 Å². The number of hydrogen-bond acceptors (Lipinski definition) is 6. The zero-order valence-corrected chi connectivity index (χ0v) is 19.0. The molecule has 6 atom stereocenters. The van der Waals surface area contributed by atoms with Crippen LogP contribution in [0.3, 0.4) is 0 Å². The van der Waals surface area contributed by atoms with Crippen LogP contribution in [-0.4, -0.2) is 63.8 Å². The highest BCUT2D eigenvalue weighted by molar-refractivity contribution is 5.35. The Morgan fingerprint density at radius 2 is 1.93 bits per heavy atom. The lowest BCUT2D eigenvalue weighted by Crippen LogP contribution is -2.59. The van der Waals surface area contributed by atoms with Gasteiger partial charge in [-0.05, 0) is 63.9 Å². The van der Waals surface area contributed by atoms with Crippen LogP contribution in [-0.2, 0) is 9.47 Å². The molecular formula is C24H40O6. The molecule has 0 aromatic heterocycles. The van der Waals surface area contributed by atoms with E-state index in [1.165, 1.54) is 36.0 Å². The van der Waals surface area contributed by atoms with Gasteiger partial charge in [0.15, 0.2) is 6.29 Å². The van der Waals surface area contributed by atoms with Crippen molar-refractivity contribution < 1.29 is 29.9 Å². The monoisotopic (exact) mass is 424 g/mol. The molecule has 0 amide bonds. The van der Waals surface area contributed by atoms with Gasteiger partial charge in [0.05, 0.1) is 12.7 Å². The molecule has 6 heteroatoms. The summed E-state index contributed by atoms with van der Waals surface area (Å²) in [6, 6.07) is 0. The summed E-state index contributed by atoms with van der Waals surface area (Å²) < 4.78 is 11.1. The molecular weight excluding hydrogens is 384 g/mol. The van der Waals surface area contributed by atoms with E-state index in [1.807, 2.05) is 6.92 Å². The van der Waals surface area contributed by atoms with Crippen LogP contribution in [0.4, 0.5) is 0 Å². The van der Waals surface area contributed by atoms with Crippen molar-refractivity contribution in [2.24, 2.45) is 5.41 Å². The van der Waals surface area contributed by atoms with E-state index in [1.54, 1.807) is 0 Å². The summed E-state index contributed by atoms with van der Waals surface area (Å²) in [6.07, 6.45) is 5.38. The Bertz CT molecular complexity index is 648. The van der Waals surface area contributed by atoms with Crippen molar-refractivity contribution in [3.8, 4) is 0 Å². The molecule has 172 valence electrons. The summed E-state index contributed by atoms with van der Waals surface area (Å²) in [4.78, 5) is 0. The first-order chi connectivity index (χ1) is 14.1. The number of allylic oxidation sites excluding steroid dienone is 6. The van der Waals surface area contributed by atoms with Gasteiger partial charge in [-0.1, -0.05) is 43.2 Å². The predicted molar refractivity (Wildman–Crippen MR) is 117 cm³/mol. The number of rotatable bonds is 8. The van der Waals surface area contributed by atoms with Gasteiger partial charge in [-0.25, -0.2) is 0 Å². The average molecular weight is 425 g/mol. The molecule has 1 fully saturated rings. The van der Waals surface area contributed by atoms with Crippen LogP contribution in [0.25, 0.3) is 0 Å². The quantitative estimate of drug-likeness (QED) is 0.447. The maximum Gasteiger partial charge on any atom is 0.186 e. The molecule has 0 aromatic rings. The van der Waals surface area contributed by atoms with Gasteiger partial charge < -0.3 is 29.9 Å². The van der Waals surface area contributed by atoms with Crippen molar-refractivity contribution >= 4 is 0 Å². The second-order valence-electron chi connectivity index (χ2n) is 9.43. The van der Waals surface area contributed by atoms with E-state index in [2.05, 4.69) is 45.9 Å². The summed E-state index contributed by atoms with van der Waals surface area (Å²) in [5.41, 5.74) is 4.35. The SMILES string of the molecule is CC1=C(/C=C/C(C)=C/CCC(C)O[C@H]2O[C@H](CO)[C@@H](O)[C@H](O)[C@H]2O)C(C)(C)CCC1. The Balaban J connectivity index is 1.86. The zero-order chi connectivity index (χ0) is 22.5. The lowest BCUT2D eigenvalue weighted by atomic mass is 9.72. The second-order valence-corrected chi connectivity index (χ2v) is 9.43. The molecule has 0 aromatic carbocycles. The van der Waals surface area contributed by atoms with Gasteiger partial charge in [0, 0.05) is 0 Å². The minimum absolute atomic E-state index is 0.221. The fraction of sp³-hybridized carbons (Fsp3) is 0.750. The predicted octanol–water partition coefficient (Wildman–Crippen LogP) is 3.00. The first kappa shape index (κ1) is 25.2. The Labute approximate surface area is 180 Å². The van der Waals surface area contributed by atoms with E-state index in [-0.39, 0.29) is 11.5 Å². The maximum absolute atomic E-state index is 10.1. The van der Waals surface area contributed by atoms with Crippen LogP contribution in [0.15, 0.2) is 34.9 Å². The Morgan fingerprint density at radius 1 is 1.23 bits per heavy atom. The Kier molecular flexibility index (Phi) is 9.28. The topological polar surface area (TPSA) is 99.4 Å². The first-order valence-electron chi connectivity index (χ1n) is 11.1. The third-order valence-electron chi connectivity index (χ3n) is 6.31. The Morgan fingerprint density at radius 3 is 2.57 bits per heavy atom. The number of hydrogen-bond donors (Lipinski definition) is 4. The molecule has 1 saturated heterocycles. The van der Waals surface area contributed by atoms with Crippen LogP contribution >= 0.6 is 0 Å². The molecule has 2 rings (SSSR count). The Hall–Kier alpha value is -1.02. The molecule has 6 nitrogen and oxygen atoms in total. The standard InChI is InChI=1S/C24H40O6/c1-15(11-12-18-16(2)9-7-13-24(18,4)5)8-6-10-17(3)29-23-22(28)21(27)20(26)19(14-25)30-23/h8,11-12,17,19-23,25-28H,6-7,9-10,13-14H2,1-5H3/b12-11+,15-8+/t17?,19-,20-,21+,22-,23+/m1/s1. The van der Waals surface area contributed by atoms with Crippen molar-refractivity contribution in [3.05, 3.63) is 34.9 Å². The smallest absolute Gasteiger partial charge is 0.186 e. The zero-order valence-electron chi connectivity index (χ0n) is 19.0. The van der Waals surface area contributed by atoms with Crippen LogP contribution in [0.5, 0.6) is 0 Å². The molecule has 1 unspecified atom stereocenters. The van der Waals surface area contributed by atoms with Crippen molar-refractivity contribution in [2.45, 2.75) is 104 Å².